The van der Waals surface area contributed by atoms with Gasteiger partial charge in [-0.1, -0.05) is 12.1 Å². The monoisotopic (exact) mass is 369 g/mol. The van der Waals surface area contributed by atoms with Crippen molar-refractivity contribution in [1.29, 1.82) is 0 Å². The van der Waals surface area contributed by atoms with E-state index in [0.29, 0.717) is 36.1 Å². The number of hydrogen-bond acceptors (Lipinski definition) is 5. The van der Waals surface area contributed by atoms with Gasteiger partial charge in [-0.25, -0.2) is 0 Å². The molecule has 2 aromatic rings. The first-order valence-electron chi connectivity index (χ1n) is 9.33. The third-order valence-electron chi connectivity index (χ3n) is 4.82. The van der Waals surface area contributed by atoms with Gasteiger partial charge in [0.15, 0.2) is 18.1 Å². The highest BCUT2D eigenvalue weighted by Crippen LogP contribution is 2.35. The highest BCUT2D eigenvalue weighted by atomic mass is 16.5. The number of fused-ring (bicyclic) bond motifs is 2. The largest absolute Gasteiger partial charge is 0.490 e. The molecule has 1 amide bonds. The highest BCUT2D eigenvalue weighted by Gasteiger charge is 2.21. The van der Waals surface area contributed by atoms with Gasteiger partial charge in [0, 0.05) is 18.2 Å². The van der Waals surface area contributed by atoms with Gasteiger partial charge in [0.05, 0.1) is 19.3 Å². The maximum atomic E-state index is 12.3. The molecule has 1 heterocycles. The molecule has 2 aliphatic rings. The normalized spacial score (nSPS) is 18.2. The maximum absolute atomic E-state index is 12.3. The maximum Gasteiger partial charge on any atom is 0.262 e. The van der Waals surface area contributed by atoms with E-state index in [1.54, 1.807) is 18.2 Å². The lowest BCUT2D eigenvalue weighted by Gasteiger charge is -2.23. The van der Waals surface area contributed by atoms with Crippen LogP contribution in [0.25, 0.3) is 0 Å². The summed E-state index contributed by atoms with van der Waals surface area (Å²) in [4.78, 5) is 12.3. The summed E-state index contributed by atoms with van der Waals surface area (Å²) in [5, 5.41) is 12.9. The molecule has 1 aliphatic carbocycles. The van der Waals surface area contributed by atoms with Crippen LogP contribution in [-0.2, 0) is 11.2 Å². The number of carbonyl (C=O) groups is 1. The molecule has 0 aromatic heterocycles. The fourth-order valence-electron chi connectivity index (χ4n) is 3.51. The summed E-state index contributed by atoms with van der Waals surface area (Å²) in [5.74, 6) is 1.74. The molecule has 0 spiro atoms. The molecule has 1 atom stereocenters. The molecule has 6 heteroatoms. The van der Waals surface area contributed by atoms with E-state index in [9.17, 15) is 9.90 Å². The minimum absolute atomic E-state index is 0.0962. The molecule has 0 saturated heterocycles. The van der Waals surface area contributed by atoms with Crippen molar-refractivity contribution < 1.29 is 24.1 Å². The van der Waals surface area contributed by atoms with Gasteiger partial charge in [-0.3, -0.25) is 4.79 Å². The number of aliphatic hydroxyl groups excluding tert-OH is 1. The zero-order valence-corrected chi connectivity index (χ0v) is 15.1. The molecule has 2 N–H and O–H groups in total. The molecule has 0 saturated carbocycles. The Labute approximate surface area is 158 Å². The molecule has 6 nitrogen and oxygen atoms in total. The average Bonchev–Trinajstić information content (AvgIpc) is 2.92. The van der Waals surface area contributed by atoms with Crippen LogP contribution in [-0.4, -0.2) is 30.8 Å². The van der Waals surface area contributed by atoms with Crippen LogP contribution in [0.5, 0.6) is 17.2 Å². The van der Waals surface area contributed by atoms with Crippen LogP contribution in [0.2, 0.25) is 0 Å². The van der Waals surface area contributed by atoms with E-state index in [-0.39, 0.29) is 12.5 Å². The Morgan fingerprint density at radius 1 is 1.15 bits per heavy atom. The molecule has 0 radical (unpaired) electrons. The van der Waals surface area contributed by atoms with Crippen molar-refractivity contribution in [1.82, 2.24) is 0 Å². The van der Waals surface area contributed by atoms with Crippen LogP contribution in [0.15, 0.2) is 36.4 Å². The smallest absolute Gasteiger partial charge is 0.262 e. The number of ether oxygens (including phenoxy) is 3. The fraction of sp³-hybridized carbons (Fsp3) is 0.381. The number of aliphatic hydroxyl groups is 1. The van der Waals surface area contributed by atoms with E-state index in [1.807, 2.05) is 18.2 Å². The zero-order valence-electron chi connectivity index (χ0n) is 15.1. The third kappa shape index (κ3) is 4.01. The van der Waals surface area contributed by atoms with Gasteiger partial charge in [0.2, 0.25) is 0 Å². The number of hydrogen-bond donors (Lipinski definition) is 2. The van der Waals surface area contributed by atoms with Gasteiger partial charge in [0.1, 0.15) is 5.75 Å². The molecule has 27 heavy (non-hydrogen) atoms. The minimum Gasteiger partial charge on any atom is -0.490 e. The first-order valence-corrected chi connectivity index (χ1v) is 9.33. The number of rotatable bonds is 4. The fourth-order valence-corrected chi connectivity index (χ4v) is 3.51. The Morgan fingerprint density at radius 3 is 2.89 bits per heavy atom. The Morgan fingerprint density at radius 2 is 2.00 bits per heavy atom. The lowest BCUT2D eigenvalue weighted by molar-refractivity contribution is -0.118. The van der Waals surface area contributed by atoms with Crippen molar-refractivity contribution in [3.8, 4) is 17.2 Å². The molecular formula is C21H23NO5. The van der Waals surface area contributed by atoms with Crippen LogP contribution in [0, 0.1) is 0 Å². The van der Waals surface area contributed by atoms with Gasteiger partial charge in [0.25, 0.3) is 5.91 Å². The summed E-state index contributed by atoms with van der Waals surface area (Å²) < 4.78 is 17.0. The van der Waals surface area contributed by atoms with Crippen molar-refractivity contribution in [3.05, 3.63) is 47.5 Å². The Hall–Kier alpha value is -2.73. The van der Waals surface area contributed by atoms with Gasteiger partial charge < -0.3 is 24.6 Å². The molecule has 2 aromatic carbocycles. The second-order valence-electron chi connectivity index (χ2n) is 6.78. The van der Waals surface area contributed by atoms with Crippen molar-refractivity contribution in [2.45, 2.75) is 31.8 Å². The first kappa shape index (κ1) is 17.7. The van der Waals surface area contributed by atoms with E-state index >= 15 is 0 Å². The lowest BCUT2D eigenvalue weighted by Crippen LogP contribution is -2.21. The first-order chi connectivity index (χ1) is 13.2. The standard InChI is InChI=1S/C21H23NO5/c23-17-6-1-5-16-15(17)4-2-7-18(16)27-13-21(24)22-14-8-9-19-20(12-14)26-11-3-10-25-19/h2,4,7-9,12,17,23H,1,3,5-6,10-11,13H2,(H,22,24)/t17-/m1/s1. The molecule has 4 rings (SSSR count). The van der Waals surface area contributed by atoms with Crippen molar-refractivity contribution in [2.24, 2.45) is 0 Å². The lowest BCUT2D eigenvalue weighted by atomic mass is 9.89. The summed E-state index contributed by atoms with van der Waals surface area (Å²) in [6.45, 7) is 1.13. The van der Waals surface area contributed by atoms with Crippen LogP contribution >= 0.6 is 0 Å². The quantitative estimate of drug-likeness (QED) is 0.865. The molecular weight excluding hydrogens is 346 g/mol. The van der Waals surface area contributed by atoms with Crippen LogP contribution in [0.4, 0.5) is 5.69 Å². The Bertz CT molecular complexity index is 835. The van der Waals surface area contributed by atoms with E-state index < -0.39 is 6.10 Å². The summed E-state index contributed by atoms with van der Waals surface area (Å²) in [7, 11) is 0. The van der Waals surface area contributed by atoms with Crippen molar-refractivity contribution >= 4 is 11.6 Å². The van der Waals surface area contributed by atoms with E-state index in [4.69, 9.17) is 14.2 Å². The van der Waals surface area contributed by atoms with Crippen LogP contribution < -0.4 is 19.5 Å². The summed E-state index contributed by atoms with van der Waals surface area (Å²) in [6.07, 6.45) is 2.92. The van der Waals surface area contributed by atoms with Gasteiger partial charge >= 0.3 is 0 Å². The van der Waals surface area contributed by atoms with Gasteiger partial charge in [-0.05, 0) is 48.6 Å². The zero-order chi connectivity index (χ0) is 18.6. The number of carbonyl (C=O) groups excluding carboxylic acids is 1. The van der Waals surface area contributed by atoms with Crippen molar-refractivity contribution in [2.75, 3.05) is 25.1 Å². The van der Waals surface area contributed by atoms with E-state index in [0.717, 1.165) is 36.8 Å². The number of benzene rings is 2. The molecule has 0 unspecified atom stereocenters. The Kier molecular flexibility index (Phi) is 5.16. The van der Waals surface area contributed by atoms with Crippen molar-refractivity contribution in [3.63, 3.8) is 0 Å². The Balaban J connectivity index is 1.39. The number of anilines is 1. The van der Waals surface area contributed by atoms with Gasteiger partial charge in [-0.2, -0.15) is 0 Å². The molecule has 1 aliphatic heterocycles. The SMILES string of the molecule is O=C(COc1cccc2c1CCC[C@H]2O)Nc1ccc2c(c1)OCCCO2. The minimum atomic E-state index is -0.451. The second-order valence-corrected chi connectivity index (χ2v) is 6.78. The van der Waals surface area contributed by atoms with Crippen LogP contribution in [0.1, 0.15) is 36.5 Å². The summed E-state index contributed by atoms with van der Waals surface area (Å²) in [5.41, 5.74) is 2.54. The number of amides is 1. The molecule has 0 bridgehead atoms. The van der Waals surface area contributed by atoms with E-state index in [1.165, 1.54) is 0 Å². The predicted octanol–water partition coefficient (Wildman–Crippen LogP) is 3.24. The third-order valence-corrected chi connectivity index (χ3v) is 4.82. The summed E-state index contributed by atoms with van der Waals surface area (Å²) >= 11 is 0. The average molecular weight is 369 g/mol. The predicted molar refractivity (Wildman–Crippen MR) is 101 cm³/mol. The summed E-state index contributed by atoms with van der Waals surface area (Å²) in [6, 6.07) is 11.0. The molecule has 142 valence electrons. The number of nitrogens with one attached hydrogen (secondary N) is 1. The topological polar surface area (TPSA) is 77.0 Å². The second kappa shape index (κ2) is 7.88. The van der Waals surface area contributed by atoms with Gasteiger partial charge in [-0.15, -0.1) is 0 Å². The highest BCUT2D eigenvalue weighted by molar-refractivity contribution is 5.92. The van der Waals surface area contributed by atoms with E-state index in [2.05, 4.69) is 5.32 Å². The van der Waals surface area contributed by atoms with Crippen LogP contribution in [0.3, 0.4) is 0 Å². The molecule has 0 fully saturated rings.